The number of aromatic nitrogens is 3. The molecule has 4 rings (SSSR count). The van der Waals surface area contributed by atoms with Gasteiger partial charge in [0, 0.05) is 31.5 Å². The summed E-state index contributed by atoms with van der Waals surface area (Å²) in [5.74, 6) is 1.49. The van der Waals surface area contributed by atoms with Gasteiger partial charge in [-0.15, -0.1) is 0 Å². The maximum absolute atomic E-state index is 6.31. The van der Waals surface area contributed by atoms with Crippen molar-refractivity contribution in [2.24, 2.45) is 0 Å². The average molecular weight is 385 g/mol. The van der Waals surface area contributed by atoms with Crippen LogP contribution in [0.25, 0.3) is 11.5 Å². The molecule has 3 aromatic rings. The SMILES string of the molecule is Cc1oc(-c2ccccc2Cl)nc1CN1CCCC[C@H]1CCn1ccnc1. The monoisotopic (exact) mass is 384 g/mol. The van der Waals surface area contributed by atoms with Crippen molar-refractivity contribution in [3.05, 3.63) is 59.5 Å². The average Bonchev–Trinajstić information content (AvgIpc) is 3.32. The summed E-state index contributed by atoms with van der Waals surface area (Å²) in [6, 6.07) is 8.26. The normalized spacial score (nSPS) is 18.1. The van der Waals surface area contributed by atoms with E-state index in [0.717, 1.165) is 43.1 Å². The number of imidazole rings is 1. The zero-order chi connectivity index (χ0) is 18.6. The van der Waals surface area contributed by atoms with E-state index in [9.17, 15) is 0 Å². The molecule has 1 fully saturated rings. The van der Waals surface area contributed by atoms with Gasteiger partial charge in [0.1, 0.15) is 5.76 Å². The van der Waals surface area contributed by atoms with Gasteiger partial charge in [-0.25, -0.2) is 9.97 Å². The van der Waals surface area contributed by atoms with Crippen molar-refractivity contribution in [1.29, 1.82) is 0 Å². The van der Waals surface area contributed by atoms with E-state index in [2.05, 4.69) is 14.5 Å². The summed E-state index contributed by atoms with van der Waals surface area (Å²) in [7, 11) is 0. The first-order valence-electron chi connectivity index (χ1n) is 9.61. The lowest BCUT2D eigenvalue weighted by molar-refractivity contribution is 0.126. The Hall–Kier alpha value is -2.11. The Morgan fingerprint density at radius 3 is 2.96 bits per heavy atom. The highest BCUT2D eigenvalue weighted by Gasteiger charge is 2.24. The number of nitrogens with zero attached hydrogens (tertiary/aromatic N) is 4. The molecule has 0 saturated carbocycles. The van der Waals surface area contributed by atoms with Crippen molar-refractivity contribution in [1.82, 2.24) is 19.4 Å². The molecule has 27 heavy (non-hydrogen) atoms. The van der Waals surface area contributed by atoms with Crippen LogP contribution >= 0.6 is 11.6 Å². The Labute approximate surface area is 165 Å². The third-order valence-corrected chi connectivity index (χ3v) is 5.71. The van der Waals surface area contributed by atoms with Crippen LogP contribution in [0.4, 0.5) is 0 Å². The zero-order valence-electron chi connectivity index (χ0n) is 15.6. The van der Waals surface area contributed by atoms with E-state index in [-0.39, 0.29) is 0 Å². The molecule has 0 bridgehead atoms. The predicted octanol–water partition coefficient (Wildman–Crippen LogP) is 4.94. The Morgan fingerprint density at radius 1 is 1.26 bits per heavy atom. The molecule has 1 saturated heterocycles. The van der Waals surface area contributed by atoms with Crippen molar-refractivity contribution in [2.75, 3.05) is 6.54 Å². The molecule has 0 amide bonds. The molecule has 142 valence electrons. The Balaban J connectivity index is 1.47. The van der Waals surface area contributed by atoms with E-state index in [4.69, 9.17) is 21.0 Å². The summed E-state index contributed by atoms with van der Waals surface area (Å²) in [6.07, 6.45) is 10.7. The third-order valence-electron chi connectivity index (χ3n) is 5.38. The zero-order valence-corrected chi connectivity index (χ0v) is 16.4. The van der Waals surface area contributed by atoms with Crippen LogP contribution in [0.3, 0.4) is 0 Å². The van der Waals surface area contributed by atoms with Gasteiger partial charge in [0.15, 0.2) is 0 Å². The third kappa shape index (κ3) is 4.25. The highest BCUT2D eigenvalue weighted by molar-refractivity contribution is 6.33. The van der Waals surface area contributed by atoms with Gasteiger partial charge in [-0.1, -0.05) is 30.2 Å². The number of aryl methyl sites for hydroxylation is 2. The Bertz CT molecular complexity index is 874. The fourth-order valence-electron chi connectivity index (χ4n) is 3.83. The van der Waals surface area contributed by atoms with Crippen LogP contribution in [-0.4, -0.2) is 32.0 Å². The van der Waals surface area contributed by atoms with Crippen molar-refractivity contribution in [3.63, 3.8) is 0 Å². The second kappa shape index (κ2) is 8.28. The molecule has 3 heterocycles. The fourth-order valence-corrected chi connectivity index (χ4v) is 4.05. The van der Waals surface area contributed by atoms with Crippen molar-refractivity contribution >= 4 is 11.6 Å². The summed E-state index contributed by atoms with van der Waals surface area (Å²) < 4.78 is 8.10. The van der Waals surface area contributed by atoms with Gasteiger partial charge in [0.25, 0.3) is 0 Å². The van der Waals surface area contributed by atoms with Gasteiger partial charge in [0.2, 0.25) is 5.89 Å². The number of rotatable bonds is 6. The molecule has 1 atom stereocenters. The molecule has 0 N–H and O–H groups in total. The quantitative estimate of drug-likeness (QED) is 0.603. The van der Waals surface area contributed by atoms with Gasteiger partial charge in [-0.05, 0) is 44.9 Å². The van der Waals surface area contributed by atoms with E-state index in [1.807, 2.05) is 49.9 Å². The van der Waals surface area contributed by atoms with E-state index in [1.165, 1.54) is 19.3 Å². The molecule has 0 radical (unpaired) electrons. The summed E-state index contributed by atoms with van der Waals surface area (Å²) in [5, 5.41) is 0.668. The maximum Gasteiger partial charge on any atom is 0.228 e. The maximum atomic E-state index is 6.31. The molecule has 1 aromatic carbocycles. The summed E-state index contributed by atoms with van der Waals surface area (Å²) in [4.78, 5) is 11.5. The number of oxazole rings is 1. The number of benzene rings is 1. The smallest absolute Gasteiger partial charge is 0.228 e. The molecular formula is C21H25ClN4O. The Kier molecular flexibility index (Phi) is 5.60. The summed E-state index contributed by atoms with van der Waals surface area (Å²) in [5.41, 5.74) is 1.86. The number of halogens is 1. The Morgan fingerprint density at radius 2 is 2.15 bits per heavy atom. The summed E-state index contributed by atoms with van der Waals surface area (Å²) >= 11 is 6.31. The fraction of sp³-hybridized carbons (Fsp3) is 0.429. The molecule has 0 aliphatic carbocycles. The van der Waals surface area contributed by atoms with Crippen LogP contribution < -0.4 is 0 Å². The number of hydrogen-bond donors (Lipinski definition) is 0. The first-order chi connectivity index (χ1) is 13.2. The standard InChI is InChI=1S/C21H25ClN4O/c1-16-20(24-21(27-16)18-7-2-3-8-19(18)22)14-26-11-5-4-6-17(26)9-12-25-13-10-23-15-25/h2-3,7-8,10,13,15,17H,4-6,9,11-12,14H2,1H3/t17-/m0/s1. The molecule has 2 aromatic heterocycles. The molecule has 6 heteroatoms. The highest BCUT2D eigenvalue weighted by Crippen LogP contribution is 2.30. The largest absolute Gasteiger partial charge is 0.441 e. The minimum atomic E-state index is 0.570. The van der Waals surface area contributed by atoms with Crippen LogP contribution in [0.15, 0.2) is 47.4 Å². The van der Waals surface area contributed by atoms with Crippen molar-refractivity contribution < 1.29 is 4.42 Å². The van der Waals surface area contributed by atoms with E-state index >= 15 is 0 Å². The predicted molar refractivity (Wildman–Crippen MR) is 107 cm³/mol. The lowest BCUT2D eigenvalue weighted by Crippen LogP contribution is -2.39. The number of hydrogen-bond acceptors (Lipinski definition) is 4. The van der Waals surface area contributed by atoms with Gasteiger partial charge in [-0.3, -0.25) is 4.90 Å². The van der Waals surface area contributed by atoms with E-state index in [1.54, 1.807) is 0 Å². The van der Waals surface area contributed by atoms with Gasteiger partial charge in [-0.2, -0.15) is 0 Å². The second-order valence-corrected chi connectivity index (χ2v) is 7.62. The van der Waals surface area contributed by atoms with Crippen LogP contribution in [-0.2, 0) is 13.1 Å². The number of piperidine rings is 1. The van der Waals surface area contributed by atoms with E-state index < -0.39 is 0 Å². The minimum absolute atomic E-state index is 0.570. The van der Waals surface area contributed by atoms with E-state index in [0.29, 0.717) is 17.0 Å². The lowest BCUT2D eigenvalue weighted by atomic mass is 9.99. The number of likely N-dealkylation sites (tertiary alicyclic amines) is 1. The second-order valence-electron chi connectivity index (χ2n) is 7.21. The first kappa shape index (κ1) is 18.3. The molecule has 0 unspecified atom stereocenters. The lowest BCUT2D eigenvalue weighted by Gasteiger charge is -2.35. The topological polar surface area (TPSA) is 47.1 Å². The van der Waals surface area contributed by atoms with Crippen molar-refractivity contribution in [3.8, 4) is 11.5 Å². The molecule has 1 aliphatic heterocycles. The summed E-state index contributed by atoms with van der Waals surface area (Å²) in [6.45, 7) is 4.94. The van der Waals surface area contributed by atoms with Crippen LogP contribution in [0.2, 0.25) is 5.02 Å². The van der Waals surface area contributed by atoms with Crippen LogP contribution in [0.1, 0.15) is 37.1 Å². The van der Waals surface area contributed by atoms with Gasteiger partial charge in [0.05, 0.1) is 22.6 Å². The molecule has 0 spiro atoms. The van der Waals surface area contributed by atoms with Gasteiger partial charge < -0.3 is 8.98 Å². The van der Waals surface area contributed by atoms with Crippen molar-refractivity contribution in [2.45, 2.75) is 51.7 Å². The molecule has 1 aliphatic rings. The minimum Gasteiger partial charge on any atom is -0.441 e. The highest BCUT2D eigenvalue weighted by atomic mass is 35.5. The molecular weight excluding hydrogens is 360 g/mol. The van der Waals surface area contributed by atoms with Crippen LogP contribution in [0.5, 0.6) is 0 Å². The van der Waals surface area contributed by atoms with Gasteiger partial charge >= 0.3 is 0 Å². The molecule has 5 nitrogen and oxygen atoms in total. The van der Waals surface area contributed by atoms with Crippen LogP contribution in [0, 0.1) is 6.92 Å². The first-order valence-corrected chi connectivity index (χ1v) is 9.99.